The first-order valence-corrected chi connectivity index (χ1v) is 13.6. The Morgan fingerprint density at radius 3 is 1.61 bits per heavy atom. The summed E-state index contributed by atoms with van der Waals surface area (Å²) in [6.07, 6.45) is 0. The van der Waals surface area contributed by atoms with Gasteiger partial charge in [-0.15, -0.1) is 0 Å². The van der Waals surface area contributed by atoms with Gasteiger partial charge in [-0.1, -0.05) is 97.1 Å². The Balaban J connectivity index is 1.79. The van der Waals surface area contributed by atoms with E-state index in [2.05, 4.69) is 4.57 Å². The van der Waals surface area contributed by atoms with Crippen molar-refractivity contribution >= 4 is 38.4 Å². The summed E-state index contributed by atoms with van der Waals surface area (Å²) in [6.45, 7) is 0. The van der Waals surface area contributed by atoms with Crippen molar-refractivity contribution in [1.29, 1.82) is 0 Å². The van der Waals surface area contributed by atoms with Crippen molar-refractivity contribution in [2.75, 3.05) is 0 Å². The number of fused-ring (bicyclic) bond motifs is 6. The van der Waals surface area contributed by atoms with Gasteiger partial charge in [0.2, 0.25) is 0 Å². The minimum absolute atomic E-state index is 0.165. The minimum Gasteiger partial charge on any atom is -0.308 e. The molecule has 8 rings (SSSR count). The van der Waals surface area contributed by atoms with E-state index in [9.17, 15) is 9.59 Å². The maximum absolute atomic E-state index is 14.9. The minimum atomic E-state index is -0.176. The van der Waals surface area contributed by atoms with Gasteiger partial charge < -0.3 is 4.57 Å². The molecule has 0 aliphatic rings. The molecule has 0 amide bonds. The summed E-state index contributed by atoms with van der Waals surface area (Å²) in [5.74, 6) is 0. The molecular formula is C36H23N3O2. The first-order chi connectivity index (χ1) is 20.2. The molecule has 0 radical (unpaired) electrons. The molecule has 0 saturated heterocycles. The van der Waals surface area contributed by atoms with Crippen molar-refractivity contribution in [3.63, 3.8) is 0 Å². The summed E-state index contributed by atoms with van der Waals surface area (Å²) in [5, 5.41) is 1.96. The Labute approximate surface area is 234 Å². The number of hydrogen-bond acceptors (Lipinski definition) is 2. The van der Waals surface area contributed by atoms with Crippen LogP contribution < -0.4 is 11.1 Å². The third-order valence-corrected chi connectivity index (χ3v) is 7.85. The monoisotopic (exact) mass is 529 g/mol. The SMILES string of the molecule is O=c1c2ccccc2n2c(=O)c3c4ccccc4n(-c4ccccc4)c3c(-c3ccccc3)c2n1-c1ccccc1. The van der Waals surface area contributed by atoms with E-state index in [0.717, 1.165) is 33.2 Å². The van der Waals surface area contributed by atoms with Crippen molar-refractivity contribution in [3.8, 4) is 22.5 Å². The molecule has 41 heavy (non-hydrogen) atoms. The van der Waals surface area contributed by atoms with Crippen molar-refractivity contribution in [2.45, 2.75) is 0 Å². The van der Waals surface area contributed by atoms with Gasteiger partial charge in [0.15, 0.2) is 0 Å². The van der Waals surface area contributed by atoms with Gasteiger partial charge in [0.05, 0.1) is 33.0 Å². The summed E-state index contributed by atoms with van der Waals surface area (Å²) >= 11 is 0. The number of hydrogen-bond donors (Lipinski definition) is 0. The molecule has 194 valence electrons. The van der Waals surface area contributed by atoms with E-state index < -0.39 is 0 Å². The van der Waals surface area contributed by atoms with Crippen LogP contribution in [0, 0.1) is 0 Å². The lowest BCUT2D eigenvalue weighted by Gasteiger charge is -2.20. The van der Waals surface area contributed by atoms with Crippen LogP contribution in [-0.4, -0.2) is 13.5 Å². The fourth-order valence-corrected chi connectivity index (χ4v) is 6.15. The van der Waals surface area contributed by atoms with Crippen molar-refractivity contribution in [3.05, 3.63) is 160 Å². The molecule has 0 atom stereocenters. The van der Waals surface area contributed by atoms with Gasteiger partial charge in [0, 0.05) is 16.6 Å². The van der Waals surface area contributed by atoms with E-state index in [1.807, 2.05) is 133 Å². The van der Waals surface area contributed by atoms with Crippen LogP contribution in [-0.2, 0) is 0 Å². The van der Waals surface area contributed by atoms with Crippen LogP contribution in [0.2, 0.25) is 0 Å². The quantitative estimate of drug-likeness (QED) is 0.224. The highest BCUT2D eigenvalue weighted by molar-refractivity contribution is 6.16. The number of pyridine rings is 1. The highest BCUT2D eigenvalue weighted by atomic mass is 16.1. The number of benzene rings is 5. The summed E-state index contributed by atoms with van der Waals surface area (Å²) in [6, 6.07) is 45.1. The van der Waals surface area contributed by atoms with E-state index in [0.29, 0.717) is 27.6 Å². The van der Waals surface area contributed by atoms with Crippen molar-refractivity contribution in [2.24, 2.45) is 0 Å². The highest BCUT2D eigenvalue weighted by Crippen LogP contribution is 2.39. The summed E-state index contributed by atoms with van der Waals surface area (Å²) in [7, 11) is 0. The average molecular weight is 530 g/mol. The molecule has 0 saturated carbocycles. The fraction of sp³-hybridized carbons (Fsp3) is 0. The van der Waals surface area contributed by atoms with Gasteiger partial charge in [-0.2, -0.15) is 0 Å². The van der Waals surface area contributed by atoms with Crippen LogP contribution in [0.1, 0.15) is 0 Å². The smallest absolute Gasteiger partial charge is 0.266 e. The molecule has 5 nitrogen and oxygen atoms in total. The molecule has 0 aliphatic carbocycles. The van der Waals surface area contributed by atoms with E-state index in [4.69, 9.17) is 0 Å². The highest BCUT2D eigenvalue weighted by Gasteiger charge is 2.26. The van der Waals surface area contributed by atoms with Gasteiger partial charge >= 0.3 is 0 Å². The van der Waals surface area contributed by atoms with Crippen LogP contribution in [0.25, 0.3) is 60.9 Å². The van der Waals surface area contributed by atoms with E-state index in [1.165, 1.54) is 0 Å². The normalized spacial score (nSPS) is 11.6. The van der Waals surface area contributed by atoms with Gasteiger partial charge in [-0.3, -0.25) is 18.6 Å². The molecule has 0 bridgehead atoms. The third-order valence-electron chi connectivity index (χ3n) is 7.85. The molecule has 3 aromatic heterocycles. The van der Waals surface area contributed by atoms with Crippen molar-refractivity contribution < 1.29 is 0 Å². The zero-order valence-electron chi connectivity index (χ0n) is 21.9. The fourth-order valence-electron chi connectivity index (χ4n) is 6.15. The Hall–Kier alpha value is -5.68. The van der Waals surface area contributed by atoms with Crippen LogP contribution in [0.3, 0.4) is 0 Å². The number of nitrogens with zero attached hydrogens (tertiary/aromatic N) is 3. The lowest BCUT2D eigenvalue weighted by molar-refractivity contribution is 0.977. The molecule has 8 aromatic rings. The molecule has 0 spiro atoms. The summed E-state index contributed by atoms with van der Waals surface area (Å²) in [5.41, 5.74) is 5.83. The molecule has 0 fully saturated rings. The van der Waals surface area contributed by atoms with Crippen molar-refractivity contribution in [1.82, 2.24) is 13.5 Å². The number of aromatic nitrogens is 3. The zero-order valence-corrected chi connectivity index (χ0v) is 21.9. The predicted molar refractivity (Wildman–Crippen MR) is 167 cm³/mol. The predicted octanol–water partition coefficient (Wildman–Crippen LogP) is 7.37. The Bertz CT molecular complexity index is 2380. The van der Waals surface area contributed by atoms with Gasteiger partial charge in [0.25, 0.3) is 11.1 Å². The summed E-state index contributed by atoms with van der Waals surface area (Å²) in [4.78, 5) is 29.2. The Morgan fingerprint density at radius 2 is 0.951 bits per heavy atom. The van der Waals surface area contributed by atoms with E-state index >= 15 is 0 Å². The zero-order chi connectivity index (χ0) is 27.5. The first kappa shape index (κ1) is 23.2. The second-order valence-corrected chi connectivity index (χ2v) is 10.1. The summed E-state index contributed by atoms with van der Waals surface area (Å²) < 4.78 is 5.58. The lowest BCUT2D eigenvalue weighted by atomic mass is 10.0. The molecule has 0 N–H and O–H groups in total. The van der Waals surface area contributed by atoms with Crippen LogP contribution in [0.4, 0.5) is 0 Å². The van der Waals surface area contributed by atoms with Crippen LogP contribution >= 0.6 is 0 Å². The van der Waals surface area contributed by atoms with Crippen LogP contribution in [0.15, 0.2) is 149 Å². The average Bonchev–Trinajstić information content (AvgIpc) is 3.38. The lowest BCUT2D eigenvalue weighted by Crippen LogP contribution is -2.28. The largest absolute Gasteiger partial charge is 0.308 e. The Morgan fingerprint density at radius 1 is 0.439 bits per heavy atom. The first-order valence-electron chi connectivity index (χ1n) is 13.6. The second-order valence-electron chi connectivity index (χ2n) is 10.1. The number of para-hydroxylation sites is 4. The molecule has 3 heterocycles. The second kappa shape index (κ2) is 8.93. The molecule has 0 aliphatic heterocycles. The number of rotatable bonds is 3. The van der Waals surface area contributed by atoms with Gasteiger partial charge in [-0.05, 0) is 48.0 Å². The molecule has 5 heteroatoms. The van der Waals surface area contributed by atoms with Gasteiger partial charge in [-0.25, -0.2) is 0 Å². The maximum atomic E-state index is 14.9. The van der Waals surface area contributed by atoms with Gasteiger partial charge in [0.1, 0.15) is 5.65 Å². The molecular weight excluding hydrogens is 506 g/mol. The standard InChI is InChI=1S/C36H23N3O2/c40-35-28-21-11-13-23-30(28)39-34(38(35)26-18-8-3-9-19-26)31(24-14-4-1-5-15-24)33-32(36(39)41)27-20-10-12-22-29(27)37(33)25-16-6-2-7-17-25/h1-23H. The Kier molecular flexibility index (Phi) is 5.06. The van der Waals surface area contributed by atoms with E-state index in [-0.39, 0.29) is 11.1 Å². The third kappa shape index (κ3) is 3.29. The molecule has 0 unspecified atom stereocenters. The van der Waals surface area contributed by atoms with E-state index in [1.54, 1.807) is 15.0 Å². The van der Waals surface area contributed by atoms with Crippen LogP contribution in [0.5, 0.6) is 0 Å². The topological polar surface area (TPSA) is 48.4 Å². The maximum Gasteiger partial charge on any atom is 0.266 e. The molecule has 5 aromatic carbocycles.